The van der Waals surface area contributed by atoms with Crippen molar-refractivity contribution in [2.45, 2.75) is 40.2 Å². The number of anilines is 1. The van der Waals surface area contributed by atoms with Crippen LogP contribution in [0.4, 0.5) is 5.95 Å². The highest BCUT2D eigenvalue weighted by molar-refractivity contribution is 5.25. The summed E-state index contributed by atoms with van der Waals surface area (Å²) in [5, 5.41) is 10.4. The van der Waals surface area contributed by atoms with E-state index in [0.29, 0.717) is 5.92 Å². The van der Waals surface area contributed by atoms with E-state index in [1.165, 1.54) is 11.3 Å². The van der Waals surface area contributed by atoms with Crippen molar-refractivity contribution in [3.63, 3.8) is 0 Å². The van der Waals surface area contributed by atoms with Crippen LogP contribution < -0.4 is 5.32 Å². The highest BCUT2D eigenvalue weighted by atomic mass is 15.2. The largest absolute Gasteiger partial charge is 0.355 e. The van der Waals surface area contributed by atoms with Crippen molar-refractivity contribution in [1.82, 2.24) is 19.7 Å². The van der Waals surface area contributed by atoms with E-state index >= 15 is 0 Å². The van der Waals surface area contributed by atoms with Crippen LogP contribution in [0.15, 0.2) is 18.6 Å². The summed E-state index contributed by atoms with van der Waals surface area (Å²) in [7, 11) is 0. The fourth-order valence-electron chi connectivity index (χ4n) is 2.02. The van der Waals surface area contributed by atoms with Gasteiger partial charge in [0.05, 0.1) is 6.20 Å². The molecule has 104 valence electrons. The number of rotatable bonds is 7. The topological polar surface area (TPSA) is 58.5 Å². The van der Waals surface area contributed by atoms with E-state index in [2.05, 4.69) is 45.8 Å². The number of aromatic nitrogens is 4. The Hall–Kier alpha value is -1.78. The normalized spacial score (nSPS) is 11.2. The predicted molar refractivity (Wildman–Crippen MR) is 77.2 cm³/mol. The van der Waals surface area contributed by atoms with E-state index in [9.17, 15) is 0 Å². The molecule has 0 atom stereocenters. The molecular weight excluding hydrogens is 238 g/mol. The summed E-state index contributed by atoms with van der Waals surface area (Å²) in [6, 6.07) is 0. The summed E-state index contributed by atoms with van der Waals surface area (Å²) in [5.74, 6) is 1.59. The number of nitrogens with zero attached hydrogens (tertiary/aromatic N) is 3. The zero-order valence-corrected chi connectivity index (χ0v) is 12.0. The van der Waals surface area contributed by atoms with Crippen LogP contribution in [0.1, 0.15) is 31.5 Å². The Morgan fingerprint density at radius 1 is 1.42 bits per heavy atom. The Labute approximate surface area is 114 Å². The van der Waals surface area contributed by atoms with Gasteiger partial charge in [-0.15, -0.1) is 0 Å². The second-order valence-corrected chi connectivity index (χ2v) is 5.34. The molecule has 0 aliphatic rings. The Morgan fingerprint density at radius 2 is 2.26 bits per heavy atom. The number of H-pyrrole nitrogens is 1. The molecule has 0 spiro atoms. The third-order valence-corrected chi connectivity index (χ3v) is 3.16. The number of nitrogens with one attached hydrogen (secondary N) is 2. The van der Waals surface area contributed by atoms with Gasteiger partial charge in [0.15, 0.2) is 0 Å². The molecule has 2 N–H and O–H groups in total. The molecule has 0 radical (unpaired) electrons. The molecule has 0 bridgehead atoms. The molecule has 0 amide bonds. The number of imidazole rings is 1. The quantitative estimate of drug-likeness (QED) is 0.805. The summed E-state index contributed by atoms with van der Waals surface area (Å²) in [4.78, 5) is 4.35. The number of aromatic amines is 1. The minimum atomic E-state index is 0.624. The van der Waals surface area contributed by atoms with Gasteiger partial charge in [0.25, 0.3) is 0 Å². The zero-order valence-electron chi connectivity index (χ0n) is 12.0. The van der Waals surface area contributed by atoms with E-state index in [1.807, 2.05) is 18.6 Å². The van der Waals surface area contributed by atoms with Gasteiger partial charge >= 0.3 is 0 Å². The lowest BCUT2D eigenvalue weighted by Gasteiger charge is -2.11. The Morgan fingerprint density at radius 3 is 2.95 bits per heavy atom. The van der Waals surface area contributed by atoms with Gasteiger partial charge in [0, 0.05) is 31.2 Å². The molecule has 5 nitrogen and oxygen atoms in total. The molecule has 2 rings (SSSR count). The van der Waals surface area contributed by atoms with Crippen LogP contribution in [0.25, 0.3) is 0 Å². The molecule has 0 fully saturated rings. The van der Waals surface area contributed by atoms with Gasteiger partial charge in [0.2, 0.25) is 5.95 Å². The molecule has 2 heterocycles. The fraction of sp³-hybridized carbons (Fsp3) is 0.571. The maximum absolute atomic E-state index is 4.35. The highest BCUT2D eigenvalue weighted by Crippen LogP contribution is 2.10. The fourth-order valence-corrected chi connectivity index (χ4v) is 2.02. The lowest BCUT2D eigenvalue weighted by molar-refractivity contribution is 0.632. The first-order valence-corrected chi connectivity index (χ1v) is 6.90. The first-order chi connectivity index (χ1) is 9.16. The standard InChI is InChI=1S/C14H23N5/c1-11(2)9-16-14-15-6-8-19(14)7-4-5-13-10-17-18-12(13)3/h6,8,10-11H,4-5,7,9H2,1-3H3,(H,15,16)(H,17,18). The van der Waals surface area contributed by atoms with Gasteiger partial charge in [-0.2, -0.15) is 5.10 Å². The van der Waals surface area contributed by atoms with E-state index in [0.717, 1.165) is 31.9 Å². The summed E-state index contributed by atoms with van der Waals surface area (Å²) < 4.78 is 2.18. The summed E-state index contributed by atoms with van der Waals surface area (Å²) >= 11 is 0. The number of hydrogen-bond acceptors (Lipinski definition) is 3. The van der Waals surface area contributed by atoms with Crippen molar-refractivity contribution in [3.8, 4) is 0 Å². The van der Waals surface area contributed by atoms with Crippen molar-refractivity contribution in [1.29, 1.82) is 0 Å². The lowest BCUT2D eigenvalue weighted by Crippen LogP contribution is -2.13. The van der Waals surface area contributed by atoms with Gasteiger partial charge in [-0.05, 0) is 31.2 Å². The smallest absolute Gasteiger partial charge is 0.202 e. The van der Waals surface area contributed by atoms with Crippen molar-refractivity contribution in [2.24, 2.45) is 5.92 Å². The van der Waals surface area contributed by atoms with Crippen molar-refractivity contribution >= 4 is 5.95 Å². The van der Waals surface area contributed by atoms with Gasteiger partial charge < -0.3 is 9.88 Å². The van der Waals surface area contributed by atoms with E-state index in [-0.39, 0.29) is 0 Å². The van der Waals surface area contributed by atoms with Crippen LogP contribution in [0, 0.1) is 12.8 Å². The van der Waals surface area contributed by atoms with Gasteiger partial charge in [-0.25, -0.2) is 4.98 Å². The second-order valence-electron chi connectivity index (χ2n) is 5.34. The van der Waals surface area contributed by atoms with Gasteiger partial charge in [-0.1, -0.05) is 13.8 Å². The Balaban J connectivity index is 1.83. The zero-order chi connectivity index (χ0) is 13.7. The Kier molecular flexibility index (Phi) is 4.60. The molecule has 0 aliphatic heterocycles. The molecule has 0 aliphatic carbocycles. The molecule has 0 unspecified atom stereocenters. The van der Waals surface area contributed by atoms with E-state index < -0.39 is 0 Å². The summed E-state index contributed by atoms with van der Waals surface area (Å²) in [6.45, 7) is 8.39. The average molecular weight is 261 g/mol. The van der Waals surface area contributed by atoms with Gasteiger partial charge in [-0.3, -0.25) is 5.10 Å². The van der Waals surface area contributed by atoms with Crippen LogP contribution >= 0.6 is 0 Å². The molecular formula is C14H23N5. The lowest BCUT2D eigenvalue weighted by atomic mass is 10.1. The summed E-state index contributed by atoms with van der Waals surface area (Å²) in [6.07, 6.45) is 7.94. The van der Waals surface area contributed by atoms with E-state index in [1.54, 1.807) is 0 Å². The first kappa shape index (κ1) is 13.6. The minimum Gasteiger partial charge on any atom is -0.355 e. The molecule has 19 heavy (non-hydrogen) atoms. The predicted octanol–water partition coefficient (Wildman–Crippen LogP) is 2.62. The van der Waals surface area contributed by atoms with Crippen LogP contribution in [-0.4, -0.2) is 26.3 Å². The highest BCUT2D eigenvalue weighted by Gasteiger charge is 2.04. The Bertz CT molecular complexity index is 497. The number of hydrogen-bond donors (Lipinski definition) is 2. The SMILES string of the molecule is Cc1[nH]ncc1CCCn1ccnc1NCC(C)C. The molecule has 5 heteroatoms. The molecule has 0 aromatic carbocycles. The molecule has 2 aromatic heterocycles. The second kappa shape index (κ2) is 6.41. The molecule has 0 saturated carbocycles. The summed E-state index contributed by atoms with van der Waals surface area (Å²) in [5.41, 5.74) is 2.47. The van der Waals surface area contributed by atoms with Crippen molar-refractivity contribution in [3.05, 3.63) is 29.8 Å². The maximum atomic E-state index is 4.35. The maximum Gasteiger partial charge on any atom is 0.202 e. The average Bonchev–Trinajstić information content (AvgIpc) is 2.97. The monoisotopic (exact) mass is 261 g/mol. The van der Waals surface area contributed by atoms with Crippen LogP contribution in [0.2, 0.25) is 0 Å². The van der Waals surface area contributed by atoms with Crippen molar-refractivity contribution in [2.75, 3.05) is 11.9 Å². The first-order valence-electron chi connectivity index (χ1n) is 6.90. The minimum absolute atomic E-state index is 0.624. The van der Waals surface area contributed by atoms with Gasteiger partial charge in [0.1, 0.15) is 0 Å². The van der Waals surface area contributed by atoms with Crippen molar-refractivity contribution < 1.29 is 0 Å². The van der Waals surface area contributed by atoms with Crippen LogP contribution in [0.3, 0.4) is 0 Å². The van der Waals surface area contributed by atoms with Crippen LogP contribution in [0.5, 0.6) is 0 Å². The third kappa shape index (κ3) is 3.84. The molecule has 0 saturated heterocycles. The van der Waals surface area contributed by atoms with E-state index in [4.69, 9.17) is 0 Å². The van der Waals surface area contributed by atoms with Crippen LogP contribution in [-0.2, 0) is 13.0 Å². The number of aryl methyl sites for hydroxylation is 3. The molecule has 2 aromatic rings. The third-order valence-electron chi connectivity index (χ3n) is 3.16.